The molecule has 4 heteroatoms. The highest BCUT2D eigenvalue weighted by molar-refractivity contribution is 5.78. The lowest BCUT2D eigenvalue weighted by molar-refractivity contribution is 0.679. The molecular formula is C16H19N3O. The zero-order valence-corrected chi connectivity index (χ0v) is 11.5. The molecule has 0 bridgehead atoms. The van der Waals surface area contributed by atoms with Crippen LogP contribution < -0.4 is 10.9 Å². The van der Waals surface area contributed by atoms with Crippen molar-refractivity contribution in [3.05, 3.63) is 46.3 Å². The minimum Gasteiger partial charge on any atom is -0.355 e. The predicted octanol–water partition coefficient (Wildman–Crippen LogP) is 3.23. The Morgan fingerprint density at radius 2 is 2.15 bits per heavy atom. The third-order valence-electron chi connectivity index (χ3n) is 3.74. The fourth-order valence-corrected chi connectivity index (χ4v) is 2.64. The Balaban J connectivity index is 1.68. The summed E-state index contributed by atoms with van der Waals surface area (Å²) in [5.41, 5.74) is 2.16. The molecular weight excluding hydrogens is 250 g/mol. The molecule has 1 aliphatic carbocycles. The Kier molecular flexibility index (Phi) is 3.81. The number of allylic oxidation sites excluding steroid dienone is 1. The van der Waals surface area contributed by atoms with Crippen LogP contribution in [0.1, 0.15) is 32.1 Å². The molecule has 0 saturated heterocycles. The van der Waals surface area contributed by atoms with Crippen LogP contribution in [0.2, 0.25) is 0 Å². The summed E-state index contributed by atoms with van der Waals surface area (Å²) in [7, 11) is 0. The lowest BCUT2D eigenvalue weighted by atomic mass is 9.97. The topological polar surface area (TPSA) is 57.8 Å². The van der Waals surface area contributed by atoms with Crippen molar-refractivity contribution in [3.8, 4) is 0 Å². The zero-order chi connectivity index (χ0) is 13.8. The number of H-pyrrole nitrogens is 1. The van der Waals surface area contributed by atoms with Gasteiger partial charge < -0.3 is 5.32 Å². The predicted molar refractivity (Wildman–Crippen MR) is 82.0 cm³/mol. The van der Waals surface area contributed by atoms with E-state index in [1.54, 1.807) is 6.07 Å². The van der Waals surface area contributed by atoms with Crippen LogP contribution in [0, 0.1) is 0 Å². The summed E-state index contributed by atoms with van der Waals surface area (Å²) in [5.74, 6) is 0.560. The van der Waals surface area contributed by atoms with Gasteiger partial charge in [0, 0.05) is 6.54 Å². The van der Waals surface area contributed by atoms with Gasteiger partial charge in [-0.3, -0.25) is 9.78 Å². The molecule has 1 aromatic heterocycles. The molecule has 0 atom stereocenters. The Labute approximate surface area is 117 Å². The van der Waals surface area contributed by atoms with Crippen molar-refractivity contribution >= 4 is 16.9 Å². The summed E-state index contributed by atoms with van der Waals surface area (Å²) in [4.78, 5) is 19.1. The number of aromatic nitrogens is 2. The van der Waals surface area contributed by atoms with Crippen molar-refractivity contribution < 1.29 is 0 Å². The van der Waals surface area contributed by atoms with Crippen molar-refractivity contribution in [1.29, 1.82) is 0 Å². The number of hydrogen-bond donors (Lipinski definition) is 2. The largest absolute Gasteiger partial charge is 0.355 e. The summed E-state index contributed by atoms with van der Waals surface area (Å²) >= 11 is 0. The molecule has 104 valence electrons. The monoisotopic (exact) mass is 269 g/mol. The first-order valence-corrected chi connectivity index (χ1v) is 7.24. The van der Waals surface area contributed by atoms with Crippen molar-refractivity contribution in [2.75, 3.05) is 11.9 Å². The average molecular weight is 269 g/mol. The van der Waals surface area contributed by atoms with Gasteiger partial charge in [0.25, 0.3) is 5.56 Å². The van der Waals surface area contributed by atoms with E-state index >= 15 is 0 Å². The van der Waals surface area contributed by atoms with Gasteiger partial charge in [0.15, 0.2) is 0 Å². The lowest BCUT2D eigenvalue weighted by Crippen LogP contribution is -2.14. The van der Waals surface area contributed by atoms with Crippen LogP contribution in [-0.4, -0.2) is 16.5 Å². The Bertz CT molecular complexity index is 687. The number of para-hydroxylation sites is 1. The molecule has 2 N–H and O–H groups in total. The molecule has 20 heavy (non-hydrogen) atoms. The van der Waals surface area contributed by atoms with Gasteiger partial charge in [0.05, 0.1) is 10.9 Å². The van der Waals surface area contributed by atoms with Gasteiger partial charge in [-0.2, -0.15) is 0 Å². The molecule has 1 aliphatic rings. The van der Waals surface area contributed by atoms with Crippen LogP contribution in [0.3, 0.4) is 0 Å². The second kappa shape index (κ2) is 5.90. The van der Waals surface area contributed by atoms with Crippen LogP contribution in [0.5, 0.6) is 0 Å². The SMILES string of the molecule is O=c1[nH]c(NCCC2=CCCCC2)nc2ccccc12. The molecule has 3 rings (SSSR count). The summed E-state index contributed by atoms with van der Waals surface area (Å²) in [6, 6.07) is 7.39. The molecule has 0 unspecified atom stereocenters. The summed E-state index contributed by atoms with van der Waals surface area (Å²) < 4.78 is 0. The molecule has 4 nitrogen and oxygen atoms in total. The minimum atomic E-state index is -0.0880. The Hall–Kier alpha value is -2.10. The number of anilines is 1. The van der Waals surface area contributed by atoms with Gasteiger partial charge in [0.1, 0.15) is 0 Å². The molecule has 2 aromatic rings. The van der Waals surface area contributed by atoms with Gasteiger partial charge in [-0.05, 0) is 44.2 Å². The average Bonchev–Trinajstić information content (AvgIpc) is 2.48. The van der Waals surface area contributed by atoms with Gasteiger partial charge in [-0.1, -0.05) is 23.8 Å². The smallest absolute Gasteiger partial charge is 0.260 e. The molecule has 0 aliphatic heterocycles. The second-order valence-electron chi connectivity index (χ2n) is 5.22. The van der Waals surface area contributed by atoms with Crippen LogP contribution >= 0.6 is 0 Å². The van der Waals surface area contributed by atoms with E-state index in [9.17, 15) is 4.79 Å². The number of benzene rings is 1. The number of nitrogens with one attached hydrogen (secondary N) is 2. The van der Waals surface area contributed by atoms with Gasteiger partial charge >= 0.3 is 0 Å². The molecule has 0 amide bonds. The quantitative estimate of drug-likeness (QED) is 0.838. The number of aromatic amines is 1. The first-order chi connectivity index (χ1) is 9.83. The first kappa shape index (κ1) is 12.9. The molecule has 1 heterocycles. The Morgan fingerprint density at radius 3 is 3.00 bits per heavy atom. The van der Waals surface area contributed by atoms with Crippen molar-refractivity contribution in [2.24, 2.45) is 0 Å². The maximum atomic E-state index is 11.9. The third kappa shape index (κ3) is 2.90. The fraction of sp³-hybridized carbons (Fsp3) is 0.375. The maximum absolute atomic E-state index is 11.9. The van der Waals surface area contributed by atoms with E-state index in [-0.39, 0.29) is 5.56 Å². The molecule has 0 saturated carbocycles. The molecule has 1 aromatic carbocycles. The number of fused-ring (bicyclic) bond motifs is 1. The minimum absolute atomic E-state index is 0.0880. The van der Waals surface area contributed by atoms with E-state index in [4.69, 9.17) is 0 Å². The summed E-state index contributed by atoms with van der Waals surface area (Å²) in [6.45, 7) is 0.813. The number of hydrogen-bond acceptors (Lipinski definition) is 3. The van der Waals surface area contributed by atoms with E-state index in [0.717, 1.165) is 18.5 Å². The maximum Gasteiger partial charge on any atom is 0.260 e. The zero-order valence-electron chi connectivity index (χ0n) is 11.5. The van der Waals surface area contributed by atoms with Gasteiger partial charge in [-0.15, -0.1) is 0 Å². The van der Waals surface area contributed by atoms with E-state index in [2.05, 4.69) is 21.4 Å². The van der Waals surface area contributed by atoms with Crippen molar-refractivity contribution in [2.45, 2.75) is 32.1 Å². The second-order valence-corrected chi connectivity index (χ2v) is 5.22. The molecule has 0 spiro atoms. The highest BCUT2D eigenvalue weighted by Crippen LogP contribution is 2.19. The highest BCUT2D eigenvalue weighted by atomic mass is 16.1. The first-order valence-electron chi connectivity index (χ1n) is 7.24. The van der Waals surface area contributed by atoms with Crippen molar-refractivity contribution in [3.63, 3.8) is 0 Å². The summed E-state index contributed by atoms with van der Waals surface area (Å²) in [6.07, 6.45) is 8.41. The van der Waals surface area contributed by atoms with Crippen LogP contribution in [-0.2, 0) is 0 Å². The third-order valence-corrected chi connectivity index (χ3v) is 3.74. The molecule has 0 fully saturated rings. The van der Waals surface area contributed by atoms with E-state index in [0.29, 0.717) is 11.3 Å². The number of nitrogens with zero attached hydrogens (tertiary/aromatic N) is 1. The van der Waals surface area contributed by atoms with Crippen LogP contribution in [0.4, 0.5) is 5.95 Å². The molecule has 0 radical (unpaired) electrons. The fourth-order valence-electron chi connectivity index (χ4n) is 2.64. The number of rotatable bonds is 4. The normalized spacial score (nSPS) is 15.1. The van der Waals surface area contributed by atoms with Crippen molar-refractivity contribution in [1.82, 2.24) is 9.97 Å². The van der Waals surface area contributed by atoms with Crippen LogP contribution in [0.15, 0.2) is 40.7 Å². The standard InChI is InChI=1S/C16H19N3O/c20-15-13-8-4-5-9-14(13)18-16(19-15)17-11-10-12-6-2-1-3-7-12/h4-6,8-9H,1-3,7,10-11H2,(H2,17,18,19,20). The van der Waals surface area contributed by atoms with E-state index in [1.165, 1.54) is 31.3 Å². The summed E-state index contributed by atoms with van der Waals surface area (Å²) in [5, 5.41) is 3.85. The van der Waals surface area contributed by atoms with E-state index < -0.39 is 0 Å². The van der Waals surface area contributed by atoms with Gasteiger partial charge in [0.2, 0.25) is 5.95 Å². The van der Waals surface area contributed by atoms with Gasteiger partial charge in [-0.25, -0.2) is 4.98 Å². The highest BCUT2D eigenvalue weighted by Gasteiger charge is 2.05. The lowest BCUT2D eigenvalue weighted by Gasteiger charge is -2.13. The Morgan fingerprint density at radius 1 is 1.25 bits per heavy atom. The van der Waals surface area contributed by atoms with Crippen LogP contribution in [0.25, 0.3) is 10.9 Å². The van der Waals surface area contributed by atoms with E-state index in [1.807, 2.05) is 18.2 Å².